The molecule has 1 aliphatic carbocycles. The molecule has 122 valence electrons. The zero-order chi connectivity index (χ0) is 15.0. The second kappa shape index (κ2) is 6.90. The van der Waals surface area contributed by atoms with Crippen molar-refractivity contribution in [3.63, 3.8) is 0 Å². The minimum atomic E-state index is -0.340. The van der Waals surface area contributed by atoms with Crippen molar-refractivity contribution in [1.29, 1.82) is 0 Å². The third-order valence-corrected chi connectivity index (χ3v) is 5.82. The third kappa shape index (κ3) is 3.34. The van der Waals surface area contributed by atoms with Crippen molar-refractivity contribution < 1.29 is 4.79 Å². The Bertz CT molecular complexity index is 562. The van der Waals surface area contributed by atoms with Crippen molar-refractivity contribution in [2.75, 3.05) is 6.54 Å². The van der Waals surface area contributed by atoms with Crippen molar-refractivity contribution in [1.82, 2.24) is 4.90 Å². The monoisotopic (exact) mass is 386 g/mol. The Morgan fingerprint density at radius 1 is 1.41 bits per heavy atom. The zero-order valence-corrected chi connectivity index (χ0v) is 15.4. The SMILES string of the molecule is CC1(N)CCCCC1C(=O)N1CCc2c(Br)cccc2C1.Cl. The van der Waals surface area contributed by atoms with Crippen LogP contribution in [0.4, 0.5) is 0 Å². The molecule has 0 bridgehead atoms. The highest BCUT2D eigenvalue weighted by Crippen LogP contribution is 2.34. The number of hydrogen-bond acceptors (Lipinski definition) is 2. The van der Waals surface area contributed by atoms with E-state index in [-0.39, 0.29) is 29.8 Å². The van der Waals surface area contributed by atoms with Crippen LogP contribution in [-0.4, -0.2) is 22.9 Å². The van der Waals surface area contributed by atoms with E-state index >= 15 is 0 Å². The van der Waals surface area contributed by atoms with Gasteiger partial charge >= 0.3 is 0 Å². The normalized spacial score (nSPS) is 27.8. The maximum absolute atomic E-state index is 12.9. The van der Waals surface area contributed by atoms with Crippen LogP contribution >= 0.6 is 28.3 Å². The van der Waals surface area contributed by atoms with E-state index in [1.54, 1.807) is 0 Å². The lowest BCUT2D eigenvalue weighted by atomic mass is 9.73. The smallest absolute Gasteiger partial charge is 0.227 e. The average molecular weight is 388 g/mol. The molecule has 1 amide bonds. The van der Waals surface area contributed by atoms with Crippen LogP contribution in [0.2, 0.25) is 0 Å². The standard InChI is InChI=1S/C17H23BrN2O.ClH/c1-17(19)9-3-2-6-14(17)16(21)20-10-8-13-12(11-20)5-4-7-15(13)18;/h4-5,7,14H,2-3,6,8-11,19H2,1H3;1H. The summed E-state index contributed by atoms with van der Waals surface area (Å²) in [6.45, 7) is 3.57. The quantitative estimate of drug-likeness (QED) is 0.799. The van der Waals surface area contributed by atoms with E-state index in [2.05, 4.69) is 28.1 Å². The fourth-order valence-electron chi connectivity index (χ4n) is 3.74. The fraction of sp³-hybridized carbons (Fsp3) is 0.588. The highest BCUT2D eigenvalue weighted by molar-refractivity contribution is 9.10. The minimum Gasteiger partial charge on any atom is -0.338 e. The lowest BCUT2D eigenvalue weighted by molar-refractivity contribution is -0.139. The van der Waals surface area contributed by atoms with Gasteiger partial charge in [-0.15, -0.1) is 12.4 Å². The maximum atomic E-state index is 12.9. The summed E-state index contributed by atoms with van der Waals surface area (Å²) in [4.78, 5) is 14.9. The Balaban J connectivity index is 0.00000176. The first kappa shape index (κ1) is 17.8. The zero-order valence-electron chi connectivity index (χ0n) is 13.0. The molecule has 2 N–H and O–H groups in total. The first-order valence-corrected chi connectivity index (χ1v) is 8.62. The summed E-state index contributed by atoms with van der Waals surface area (Å²) < 4.78 is 1.16. The number of carbonyl (C=O) groups is 1. The molecule has 2 atom stereocenters. The molecule has 1 fully saturated rings. The van der Waals surface area contributed by atoms with Crippen LogP contribution in [-0.2, 0) is 17.8 Å². The van der Waals surface area contributed by atoms with Crippen molar-refractivity contribution in [3.05, 3.63) is 33.8 Å². The number of benzene rings is 1. The first-order chi connectivity index (χ1) is 9.99. The number of fused-ring (bicyclic) bond motifs is 1. The van der Waals surface area contributed by atoms with E-state index in [1.165, 1.54) is 11.1 Å². The molecule has 22 heavy (non-hydrogen) atoms. The van der Waals surface area contributed by atoms with Crippen LogP contribution in [0.1, 0.15) is 43.7 Å². The van der Waals surface area contributed by atoms with Gasteiger partial charge in [0.1, 0.15) is 0 Å². The second-order valence-corrected chi connectivity index (χ2v) is 7.55. The minimum absolute atomic E-state index is 0. The molecule has 5 heteroatoms. The summed E-state index contributed by atoms with van der Waals surface area (Å²) in [6.07, 6.45) is 5.09. The van der Waals surface area contributed by atoms with Crippen LogP contribution in [0.25, 0.3) is 0 Å². The Hall–Kier alpha value is -0.580. The molecule has 1 aliphatic heterocycles. The number of amides is 1. The number of carbonyl (C=O) groups excluding carboxylic acids is 1. The van der Waals surface area contributed by atoms with Gasteiger partial charge in [-0.3, -0.25) is 4.79 Å². The average Bonchev–Trinajstić information content (AvgIpc) is 2.46. The van der Waals surface area contributed by atoms with Crippen LogP contribution in [0.15, 0.2) is 22.7 Å². The van der Waals surface area contributed by atoms with Crippen LogP contribution in [0.3, 0.4) is 0 Å². The van der Waals surface area contributed by atoms with Gasteiger partial charge < -0.3 is 10.6 Å². The van der Waals surface area contributed by atoms with E-state index in [4.69, 9.17) is 5.73 Å². The van der Waals surface area contributed by atoms with Crippen LogP contribution < -0.4 is 5.73 Å². The Morgan fingerprint density at radius 2 is 2.18 bits per heavy atom. The number of nitrogens with zero attached hydrogens (tertiary/aromatic N) is 1. The molecular weight excluding hydrogens is 364 g/mol. The van der Waals surface area contributed by atoms with Crippen molar-refractivity contribution in [3.8, 4) is 0 Å². The Kier molecular flexibility index (Phi) is 5.57. The summed E-state index contributed by atoms with van der Waals surface area (Å²) in [7, 11) is 0. The number of nitrogens with two attached hydrogens (primary N) is 1. The molecule has 1 saturated carbocycles. The molecule has 0 saturated heterocycles. The second-order valence-electron chi connectivity index (χ2n) is 6.69. The van der Waals surface area contributed by atoms with Crippen LogP contribution in [0, 0.1) is 5.92 Å². The highest BCUT2D eigenvalue weighted by atomic mass is 79.9. The topological polar surface area (TPSA) is 46.3 Å². The van der Waals surface area contributed by atoms with Gasteiger partial charge in [0.25, 0.3) is 0 Å². The van der Waals surface area contributed by atoms with Crippen LogP contribution in [0.5, 0.6) is 0 Å². The first-order valence-electron chi connectivity index (χ1n) is 7.83. The summed E-state index contributed by atoms with van der Waals surface area (Å²) in [5.74, 6) is 0.241. The number of rotatable bonds is 1. The molecule has 2 unspecified atom stereocenters. The Labute approximate surface area is 147 Å². The predicted molar refractivity (Wildman–Crippen MR) is 95.1 cm³/mol. The molecule has 3 nitrogen and oxygen atoms in total. The molecule has 2 aliphatic rings. The molecule has 3 rings (SSSR count). The summed E-state index contributed by atoms with van der Waals surface area (Å²) in [5, 5.41) is 0. The van der Waals surface area contributed by atoms with Gasteiger partial charge in [0.2, 0.25) is 5.91 Å². The molecule has 0 spiro atoms. The largest absolute Gasteiger partial charge is 0.338 e. The molecule has 0 radical (unpaired) electrons. The molecule has 1 aromatic carbocycles. The van der Waals surface area contributed by atoms with Gasteiger partial charge in [0.05, 0.1) is 5.92 Å². The van der Waals surface area contributed by atoms with Gasteiger partial charge in [0.15, 0.2) is 0 Å². The molecule has 1 aromatic rings. The molecular formula is C17H24BrClN2O. The fourth-order valence-corrected chi connectivity index (χ4v) is 4.34. The Morgan fingerprint density at radius 3 is 2.91 bits per heavy atom. The van der Waals surface area contributed by atoms with Gasteiger partial charge in [-0.25, -0.2) is 0 Å². The molecule has 1 heterocycles. The number of hydrogen-bond donors (Lipinski definition) is 1. The summed E-state index contributed by atoms with van der Waals surface area (Å²) >= 11 is 3.61. The van der Waals surface area contributed by atoms with Gasteiger partial charge in [-0.2, -0.15) is 0 Å². The lowest BCUT2D eigenvalue weighted by Crippen LogP contribution is -2.54. The van der Waals surface area contributed by atoms with E-state index in [0.717, 1.165) is 49.7 Å². The van der Waals surface area contributed by atoms with E-state index in [0.29, 0.717) is 0 Å². The van der Waals surface area contributed by atoms with E-state index in [9.17, 15) is 4.79 Å². The summed E-state index contributed by atoms with van der Waals surface area (Å²) in [6, 6.07) is 6.25. The molecule has 0 aromatic heterocycles. The van der Waals surface area contributed by atoms with Crippen molar-refractivity contribution in [2.45, 2.75) is 51.1 Å². The maximum Gasteiger partial charge on any atom is 0.227 e. The van der Waals surface area contributed by atoms with E-state index in [1.807, 2.05) is 17.9 Å². The third-order valence-electron chi connectivity index (χ3n) is 5.07. The summed E-state index contributed by atoms with van der Waals surface area (Å²) in [5.41, 5.74) is 8.66. The van der Waals surface area contributed by atoms with Gasteiger partial charge in [-0.1, -0.05) is 40.9 Å². The van der Waals surface area contributed by atoms with Gasteiger partial charge in [0, 0.05) is 23.1 Å². The number of halogens is 2. The van der Waals surface area contributed by atoms with Crippen molar-refractivity contribution in [2.24, 2.45) is 11.7 Å². The van der Waals surface area contributed by atoms with Crippen molar-refractivity contribution >= 4 is 34.2 Å². The highest BCUT2D eigenvalue weighted by Gasteiger charge is 2.40. The van der Waals surface area contributed by atoms with Gasteiger partial charge in [-0.05, 0) is 43.4 Å². The van der Waals surface area contributed by atoms with E-state index < -0.39 is 0 Å². The predicted octanol–water partition coefficient (Wildman–Crippen LogP) is 3.66. The lowest BCUT2D eigenvalue weighted by Gasteiger charge is -2.41.